The zero-order chi connectivity index (χ0) is 20.5. The predicted molar refractivity (Wildman–Crippen MR) is 113 cm³/mol. The van der Waals surface area contributed by atoms with E-state index in [9.17, 15) is 8.78 Å². The quantitative estimate of drug-likeness (QED) is 0.184. The Morgan fingerprint density at radius 1 is 0.893 bits per heavy atom. The van der Waals surface area contributed by atoms with Gasteiger partial charge in [-0.2, -0.15) is 8.78 Å². The molecule has 1 aromatic carbocycles. The first kappa shape index (κ1) is 24.4. The van der Waals surface area contributed by atoms with E-state index in [2.05, 4.69) is 46.7 Å². The fourth-order valence-corrected chi connectivity index (χ4v) is 3.06. The lowest BCUT2D eigenvalue weighted by Crippen LogP contribution is -2.28. The molecule has 0 amide bonds. The van der Waals surface area contributed by atoms with Gasteiger partial charge in [-0.05, 0) is 50.0 Å². The van der Waals surface area contributed by atoms with E-state index in [1.165, 1.54) is 70.0 Å². The van der Waals surface area contributed by atoms with E-state index in [-0.39, 0.29) is 0 Å². The second kappa shape index (κ2) is 16.3. The third-order valence-corrected chi connectivity index (χ3v) is 4.73. The molecular weight excluding hydrogens is 360 g/mol. The van der Waals surface area contributed by atoms with Crippen molar-refractivity contribution < 1.29 is 13.6 Å². The molecule has 0 bridgehead atoms. The number of hydrogen-bond acceptors (Lipinski definition) is 4. The summed E-state index contributed by atoms with van der Waals surface area (Å²) in [5.41, 5.74) is 6.99. The summed E-state index contributed by atoms with van der Waals surface area (Å²) in [7, 11) is 0. The predicted octanol–water partition coefficient (Wildman–Crippen LogP) is 6.28. The van der Waals surface area contributed by atoms with Crippen molar-refractivity contribution in [2.24, 2.45) is 0 Å². The van der Waals surface area contributed by atoms with Gasteiger partial charge in [-0.3, -0.25) is 5.43 Å². The van der Waals surface area contributed by atoms with Crippen LogP contribution in [-0.4, -0.2) is 24.5 Å². The van der Waals surface area contributed by atoms with E-state index in [1.807, 2.05) is 12.1 Å². The molecule has 0 atom stereocenters. The number of nitrogens with one attached hydrogen (secondary N) is 2. The van der Waals surface area contributed by atoms with Crippen LogP contribution in [0.15, 0.2) is 36.6 Å². The third-order valence-electron chi connectivity index (χ3n) is 4.73. The summed E-state index contributed by atoms with van der Waals surface area (Å²) in [4.78, 5) is 7.04. The highest BCUT2D eigenvalue weighted by atomic mass is 19.3. The van der Waals surface area contributed by atoms with Crippen molar-refractivity contribution in [1.29, 1.82) is 0 Å². The van der Waals surface area contributed by atoms with Crippen LogP contribution >= 0.6 is 0 Å². The van der Waals surface area contributed by atoms with E-state index < -0.39 is 6.08 Å². The standard InChI is InChI=1S/C22H37F2N3O/c1-3-5-7-9-16-27(17-10-8-6-4-2)18-15-20-11-13-21(14-12-20)25-26-28-19-22(23)24/h11-14,19,25-26H,3-10,15-18H2,1-2H3. The first-order chi connectivity index (χ1) is 13.7. The number of nitrogens with zero attached hydrogens (tertiary/aromatic N) is 1. The number of halogens is 2. The molecule has 1 aromatic rings. The van der Waals surface area contributed by atoms with Crippen molar-refractivity contribution >= 4 is 5.69 Å². The van der Waals surface area contributed by atoms with Gasteiger partial charge in [-0.25, -0.2) is 0 Å². The van der Waals surface area contributed by atoms with E-state index in [1.54, 1.807) is 0 Å². The topological polar surface area (TPSA) is 36.5 Å². The summed E-state index contributed by atoms with van der Waals surface area (Å²) >= 11 is 0. The highest BCUT2D eigenvalue weighted by molar-refractivity contribution is 5.43. The average Bonchev–Trinajstić information content (AvgIpc) is 2.70. The molecule has 1 rings (SSSR count). The van der Waals surface area contributed by atoms with Gasteiger partial charge in [0, 0.05) is 6.54 Å². The van der Waals surface area contributed by atoms with Crippen molar-refractivity contribution in [3.63, 3.8) is 0 Å². The van der Waals surface area contributed by atoms with Crippen LogP contribution < -0.4 is 11.0 Å². The molecule has 160 valence electrons. The largest absolute Gasteiger partial charge is 0.391 e. The molecule has 0 unspecified atom stereocenters. The minimum atomic E-state index is -1.89. The average molecular weight is 398 g/mol. The van der Waals surface area contributed by atoms with Crippen LogP contribution in [0, 0.1) is 0 Å². The number of hydrazine groups is 1. The second-order valence-electron chi connectivity index (χ2n) is 7.16. The monoisotopic (exact) mass is 397 g/mol. The molecule has 0 radical (unpaired) electrons. The fourth-order valence-electron chi connectivity index (χ4n) is 3.06. The number of benzene rings is 1. The minimum Gasteiger partial charge on any atom is -0.391 e. The van der Waals surface area contributed by atoms with Crippen LogP contribution in [0.5, 0.6) is 0 Å². The lowest BCUT2D eigenvalue weighted by atomic mass is 10.1. The van der Waals surface area contributed by atoms with Crippen molar-refractivity contribution in [3.05, 3.63) is 42.2 Å². The maximum Gasteiger partial charge on any atom is 0.307 e. The van der Waals surface area contributed by atoms with Crippen LogP contribution in [0.4, 0.5) is 14.5 Å². The second-order valence-corrected chi connectivity index (χ2v) is 7.16. The summed E-state index contributed by atoms with van der Waals surface area (Å²) in [6, 6.07) is 7.94. The fraction of sp³-hybridized carbons (Fsp3) is 0.636. The van der Waals surface area contributed by atoms with Crippen molar-refractivity contribution in [3.8, 4) is 0 Å². The summed E-state index contributed by atoms with van der Waals surface area (Å²) in [5.74, 6) is 0. The molecule has 6 heteroatoms. The van der Waals surface area contributed by atoms with Crippen LogP contribution in [0.1, 0.15) is 70.8 Å². The molecule has 28 heavy (non-hydrogen) atoms. The van der Waals surface area contributed by atoms with E-state index in [0.29, 0.717) is 6.26 Å². The van der Waals surface area contributed by atoms with Gasteiger partial charge in [-0.1, -0.05) is 70.1 Å². The maximum atomic E-state index is 11.9. The third kappa shape index (κ3) is 12.7. The Kier molecular flexibility index (Phi) is 14.2. The zero-order valence-electron chi connectivity index (χ0n) is 17.5. The van der Waals surface area contributed by atoms with Crippen LogP contribution in [0.25, 0.3) is 0 Å². The van der Waals surface area contributed by atoms with Gasteiger partial charge >= 0.3 is 6.08 Å². The zero-order valence-corrected chi connectivity index (χ0v) is 17.5. The minimum absolute atomic E-state index is 0.344. The molecule has 0 spiro atoms. The summed E-state index contributed by atoms with van der Waals surface area (Å²) < 4.78 is 23.7. The number of rotatable bonds is 17. The summed E-state index contributed by atoms with van der Waals surface area (Å²) in [6.45, 7) is 7.95. The first-order valence-electron chi connectivity index (χ1n) is 10.6. The molecule has 0 aliphatic rings. The molecule has 0 fully saturated rings. The van der Waals surface area contributed by atoms with Crippen molar-refractivity contribution in [2.75, 3.05) is 25.1 Å². The molecule has 0 aliphatic heterocycles. The van der Waals surface area contributed by atoms with Crippen LogP contribution in [0.2, 0.25) is 0 Å². The van der Waals surface area contributed by atoms with Crippen LogP contribution in [0.3, 0.4) is 0 Å². The molecule has 0 saturated heterocycles. The number of anilines is 1. The van der Waals surface area contributed by atoms with E-state index in [4.69, 9.17) is 0 Å². The van der Waals surface area contributed by atoms with Crippen molar-refractivity contribution in [1.82, 2.24) is 10.5 Å². The highest BCUT2D eigenvalue weighted by Crippen LogP contribution is 2.11. The van der Waals surface area contributed by atoms with Gasteiger partial charge in [-0.15, -0.1) is 0 Å². The molecule has 0 saturated carbocycles. The van der Waals surface area contributed by atoms with Gasteiger partial charge in [0.2, 0.25) is 0 Å². The summed E-state index contributed by atoms with van der Waals surface area (Å²) in [6.07, 6.45) is 9.86. The first-order valence-corrected chi connectivity index (χ1v) is 10.6. The molecular formula is C22H37F2N3O. The van der Waals surface area contributed by atoms with Crippen LogP contribution in [-0.2, 0) is 11.3 Å². The number of unbranched alkanes of at least 4 members (excludes halogenated alkanes) is 6. The van der Waals surface area contributed by atoms with Gasteiger partial charge in [0.25, 0.3) is 0 Å². The van der Waals surface area contributed by atoms with Gasteiger partial charge in [0.05, 0.1) is 5.69 Å². The maximum absolute atomic E-state index is 11.9. The Bertz CT molecular complexity index is 507. The van der Waals surface area contributed by atoms with E-state index in [0.717, 1.165) is 18.7 Å². The molecule has 0 aromatic heterocycles. The van der Waals surface area contributed by atoms with Crippen molar-refractivity contribution in [2.45, 2.75) is 71.6 Å². The highest BCUT2D eigenvalue weighted by Gasteiger charge is 2.05. The lowest BCUT2D eigenvalue weighted by molar-refractivity contribution is 0.142. The Balaban J connectivity index is 2.38. The SMILES string of the molecule is CCCCCCN(CCCCCC)CCc1ccc(NNOC=C(F)F)cc1. The smallest absolute Gasteiger partial charge is 0.307 e. The van der Waals surface area contributed by atoms with Gasteiger partial charge < -0.3 is 9.74 Å². The Morgan fingerprint density at radius 3 is 2.04 bits per heavy atom. The van der Waals surface area contributed by atoms with Gasteiger partial charge in [0.15, 0.2) is 6.26 Å². The Morgan fingerprint density at radius 2 is 1.50 bits per heavy atom. The number of hydrogen-bond donors (Lipinski definition) is 2. The Hall–Kier alpha value is -1.66. The van der Waals surface area contributed by atoms with Gasteiger partial charge in [0.1, 0.15) is 0 Å². The normalized spacial score (nSPS) is 10.9. The molecule has 2 N–H and O–H groups in total. The summed E-state index contributed by atoms with van der Waals surface area (Å²) in [5, 5.41) is 0. The lowest BCUT2D eigenvalue weighted by Gasteiger charge is -2.22. The Labute approximate surface area is 169 Å². The molecule has 0 aliphatic carbocycles. The molecule has 0 heterocycles. The molecule has 4 nitrogen and oxygen atoms in total. The van der Waals surface area contributed by atoms with E-state index >= 15 is 0 Å².